The van der Waals surface area contributed by atoms with E-state index in [9.17, 15) is 31.2 Å². The Balaban J connectivity index is 0.000000120. The van der Waals surface area contributed by atoms with E-state index in [1.54, 1.807) is 25.1 Å². The van der Waals surface area contributed by atoms with E-state index >= 15 is 0 Å². The summed E-state index contributed by atoms with van der Waals surface area (Å²) in [4.78, 5) is 61.0. The average Bonchev–Trinajstić information content (AvgIpc) is 1.65. The number of aryl methyl sites for hydroxylation is 2. The Morgan fingerprint density at radius 2 is 0.907 bits per heavy atom. The van der Waals surface area contributed by atoms with E-state index in [1.807, 2.05) is 93.8 Å². The standard InChI is InChI=1S/2C22H22N2O2.C14H15N3O.C14H22N2O2S.C14H20N2O2S/c1-16(25)24-11-9-18(10-12-24)21-14-23-22-8-7-19(13-20(21)22)26-15-17-5-3-2-4-6-17;1-16(25)24-11-9-18(10-12-24)21-14-23-22-13-19(7-8-20(21)22)26-15-17-5-3-2-4-6-17;1-10(18)17-7-4-11(5-8-17)12-9-16-13-3-2-6-15-14(12)13;2*1-19(17,18)16-8-6-11(7-9-16)13-10-15-14-5-3-2-4-12(13)14/h2*2-9,13-14,23H,10-12,15H2,1H3;2-4,6,9,16H,5,7-8H2,1H3;10-11,15H,2-9H2,1H3;6,10,15H,2-5,7-9H2,1H3. The first-order chi connectivity index (χ1) is 52.3. The maximum atomic E-state index is 11.5. The quantitative estimate of drug-likeness (QED) is 0.0730. The molecular formula is C86H101N11O9S2. The van der Waals surface area contributed by atoms with Crippen LogP contribution in [0.1, 0.15) is 152 Å². The number of aromatic nitrogens is 6. The third kappa shape index (κ3) is 18.9. The third-order valence-corrected chi connectivity index (χ3v) is 24.6. The number of ether oxygens (including phenoxy) is 2. The molecular weight excluding hydrogens is 1400 g/mol. The van der Waals surface area contributed by atoms with E-state index in [-0.39, 0.29) is 17.7 Å². The molecule has 0 atom stereocenters. The largest absolute Gasteiger partial charge is 0.489 e. The van der Waals surface area contributed by atoms with Crippen LogP contribution in [0.5, 0.6) is 11.5 Å². The van der Waals surface area contributed by atoms with Crippen molar-refractivity contribution in [2.45, 2.75) is 130 Å². The van der Waals surface area contributed by atoms with Gasteiger partial charge in [-0.25, -0.2) is 21.1 Å². The molecule has 22 heteroatoms. The van der Waals surface area contributed by atoms with Crippen LogP contribution in [0.3, 0.4) is 0 Å². The normalized spacial score (nSPS) is 17.2. The lowest BCUT2D eigenvalue weighted by Gasteiger charge is -2.30. The Kier molecular flexibility index (Phi) is 24.6. The zero-order chi connectivity index (χ0) is 75.3. The number of nitrogens with zero attached hydrogens (tertiary/aromatic N) is 6. The molecule has 10 aromatic rings. The number of carbonyl (C=O) groups is 3. The molecule has 17 rings (SSSR count). The minimum absolute atomic E-state index is 0.135. The molecule has 3 amide bonds. The Morgan fingerprint density at radius 3 is 1.46 bits per heavy atom. The summed E-state index contributed by atoms with van der Waals surface area (Å²) in [5.74, 6) is 2.67. The minimum atomic E-state index is -3.05. The molecule has 5 N–H and O–H groups in total. The molecule has 1 fully saturated rings. The molecule has 11 heterocycles. The van der Waals surface area contributed by atoms with Crippen LogP contribution >= 0.6 is 0 Å². The predicted molar refractivity (Wildman–Crippen MR) is 431 cm³/mol. The Morgan fingerprint density at radius 1 is 0.435 bits per heavy atom. The van der Waals surface area contributed by atoms with Crippen molar-refractivity contribution in [1.82, 2.24) is 53.2 Å². The Hall–Kier alpha value is -10.0. The van der Waals surface area contributed by atoms with Gasteiger partial charge in [-0.2, -0.15) is 4.31 Å². The second-order valence-electron chi connectivity index (χ2n) is 29.1. The Labute approximate surface area is 634 Å². The van der Waals surface area contributed by atoms with Crippen molar-refractivity contribution in [3.05, 3.63) is 232 Å². The van der Waals surface area contributed by atoms with Crippen LogP contribution in [0.25, 0.3) is 55.1 Å². The van der Waals surface area contributed by atoms with Crippen LogP contribution in [0.15, 0.2) is 171 Å². The number of nitrogens with one attached hydrogen (secondary N) is 5. The van der Waals surface area contributed by atoms with E-state index in [2.05, 4.69) is 121 Å². The van der Waals surface area contributed by atoms with Gasteiger partial charge in [0.15, 0.2) is 0 Å². The molecule has 2 aliphatic carbocycles. The van der Waals surface area contributed by atoms with Crippen LogP contribution in [0.4, 0.5) is 0 Å². The van der Waals surface area contributed by atoms with Gasteiger partial charge in [0.1, 0.15) is 24.7 Å². The summed E-state index contributed by atoms with van der Waals surface area (Å²) in [6, 6.07) is 36.6. The van der Waals surface area contributed by atoms with Gasteiger partial charge < -0.3 is 49.1 Å². The highest BCUT2D eigenvalue weighted by Gasteiger charge is 2.30. The maximum Gasteiger partial charge on any atom is 0.219 e. The van der Waals surface area contributed by atoms with Crippen molar-refractivity contribution in [3.8, 4) is 11.5 Å². The van der Waals surface area contributed by atoms with E-state index in [0.29, 0.717) is 64.9 Å². The number of pyridine rings is 1. The second-order valence-corrected chi connectivity index (χ2v) is 33.1. The molecule has 0 saturated carbocycles. The molecule has 566 valence electrons. The predicted octanol–water partition coefficient (Wildman–Crippen LogP) is 14.9. The van der Waals surface area contributed by atoms with Crippen molar-refractivity contribution in [3.63, 3.8) is 0 Å². The molecule has 0 bridgehead atoms. The molecule has 7 aliphatic rings. The molecule has 1 saturated heterocycles. The summed E-state index contributed by atoms with van der Waals surface area (Å²) in [6.07, 6.45) is 38.5. The van der Waals surface area contributed by atoms with Crippen molar-refractivity contribution < 1.29 is 40.7 Å². The summed E-state index contributed by atoms with van der Waals surface area (Å²) < 4.78 is 61.1. The van der Waals surface area contributed by atoms with Crippen LogP contribution < -0.4 is 9.47 Å². The van der Waals surface area contributed by atoms with Crippen LogP contribution in [0, 0.1) is 0 Å². The third-order valence-electron chi connectivity index (χ3n) is 22.0. The number of amides is 3. The number of H-pyrrole nitrogens is 5. The minimum Gasteiger partial charge on any atom is -0.489 e. The number of hydrogen-bond acceptors (Lipinski definition) is 10. The van der Waals surface area contributed by atoms with Gasteiger partial charge in [-0.3, -0.25) is 19.4 Å². The number of benzene rings is 4. The molecule has 0 radical (unpaired) electrons. The van der Waals surface area contributed by atoms with Gasteiger partial charge in [0.05, 0.1) is 23.5 Å². The topological polar surface area (TPSA) is 246 Å². The highest BCUT2D eigenvalue weighted by molar-refractivity contribution is 7.88. The molecule has 4 aromatic carbocycles. The monoisotopic (exact) mass is 1500 g/mol. The highest BCUT2D eigenvalue weighted by atomic mass is 32.2. The zero-order valence-corrected chi connectivity index (χ0v) is 64.4. The van der Waals surface area contributed by atoms with Crippen molar-refractivity contribution in [2.75, 3.05) is 78.0 Å². The number of fused-ring (bicyclic) bond motifs is 5. The first-order valence-corrected chi connectivity index (χ1v) is 41.8. The SMILES string of the molecule is CC(=O)N1CC=C(c2c[nH]c3cc(OCc4ccccc4)ccc23)CC1.CC(=O)N1CC=C(c2c[nH]c3ccc(OCc4ccccc4)cc23)CC1.CC(=O)N1CC=C(c2c[nH]c3cccnc23)CC1.CS(=O)(=O)N1CC=C(c2c[nH]c3c2CCCC3)CC1.CS(=O)(=O)N1CCC(c2c[nH]c3c2CCCC3)CC1. The number of sulfonamides is 2. The fourth-order valence-corrected chi connectivity index (χ4v) is 17.4. The molecule has 5 aliphatic heterocycles. The summed E-state index contributed by atoms with van der Waals surface area (Å²) in [7, 11) is -6.06. The number of carbonyl (C=O) groups excluding carboxylic acids is 3. The van der Waals surface area contributed by atoms with Gasteiger partial charge in [0.25, 0.3) is 0 Å². The highest BCUT2D eigenvalue weighted by Crippen LogP contribution is 2.38. The molecule has 6 aromatic heterocycles. The summed E-state index contributed by atoms with van der Waals surface area (Å²) in [5.41, 5.74) is 23.9. The average molecular weight is 1500 g/mol. The van der Waals surface area contributed by atoms with Gasteiger partial charge in [-0.1, -0.05) is 85.0 Å². The lowest BCUT2D eigenvalue weighted by Crippen LogP contribution is -2.37. The zero-order valence-electron chi connectivity index (χ0n) is 62.8. The van der Waals surface area contributed by atoms with Gasteiger partial charge in [-0.05, 0) is 194 Å². The number of aromatic amines is 5. The second kappa shape index (κ2) is 34.9. The summed E-state index contributed by atoms with van der Waals surface area (Å²) in [5, 5.41) is 2.36. The summed E-state index contributed by atoms with van der Waals surface area (Å²) in [6.45, 7) is 12.9. The van der Waals surface area contributed by atoms with E-state index in [0.717, 1.165) is 127 Å². The van der Waals surface area contributed by atoms with E-state index < -0.39 is 20.0 Å². The Bertz CT molecular complexity index is 5190. The fourth-order valence-electron chi connectivity index (χ4n) is 15.8. The van der Waals surface area contributed by atoms with Crippen LogP contribution in [0.2, 0.25) is 0 Å². The molecule has 108 heavy (non-hydrogen) atoms. The number of hydrogen-bond donors (Lipinski definition) is 5. The number of piperidine rings is 1. The smallest absolute Gasteiger partial charge is 0.219 e. The van der Waals surface area contributed by atoms with E-state index in [1.165, 1.54) is 128 Å². The lowest BCUT2D eigenvalue weighted by molar-refractivity contribution is -0.129. The molecule has 0 unspecified atom stereocenters. The molecule has 0 spiro atoms. The van der Waals surface area contributed by atoms with Gasteiger partial charge in [-0.15, -0.1) is 0 Å². The van der Waals surface area contributed by atoms with Gasteiger partial charge in [0, 0.05) is 179 Å². The van der Waals surface area contributed by atoms with Crippen LogP contribution in [-0.2, 0) is 73.3 Å². The maximum absolute atomic E-state index is 11.5. The first kappa shape index (κ1) is 76.2. The van der Waals surface area contributed by atoms with Crippen molar-refractivity contribution in [1.29, 1.82) is 0 Å². The van der Waals surface area contributed by atoms with Crippen molar-refractivity contribution in [2.24, 2.45) is 0 Å². The lowest BCUT2D eigenvalue weighted by atomic mass is 9.85. The first-order valence-electron chi connectivity index (χ1n) is 38.1. The molecule has 20 nitrogen and oxygen atoms in total. The van der Waals surface area contributed by atoms with Crippen LogP contribution in [-0.4, -0.2) is 166 Å². The van der Waals surface area contributed by atoms with Gasteiger partial charge >= 0.3 is 0 Å². The van der Waals surface area contributed by atoms with E-state index in [4.69, 9.17) is 9.47 Å². The number of rotatable bonds is 13. The van der Waals surface area contributed by atoms with Gasteiger partial charge in [0.2, 0.25) is 37.8 Å². The summed E-state index contributed by atoms with van der Waals surface area (Å²) >= 11 is 0. The fraction of sp³-hybridized carbons (Fsp3) is 0.372. The van der Waals surface area contributed by atoms with Crippen molar-refractivity contribution >= 4 is 92.9 Å².